The molecule has 2 heterocycles. The molecule has 4 N–H and O–H groups in total. The van der Waals surface area contributed by atoms with E-state index < -0.39 is 35.8 Å². The van der Waals surface area contributed by atoms with Crippen molar-refractivity contribution in [1.82, 2.24) is 20.6 Å². The number of carboxylic acid groups (broad SMARTS) is 2. The van der Waals surface area contributed by atoms with Gasteiger partial charge in [0.1, 0.15) is 27.9 Å². The van der Waals surface area contributed by atoms with E-state index in [0.29, 0.717) is 46.2 Å². The summed E-state index contributed by atoms with van der Waals surface area (Å²) in [5.74, 6) is -3.71. The number of aromatic nitrogens is 2. The molecule has 0 aliphatic rings. The number of nitrogens with zero attached hydrogens (tertiary/aromatic N) is 2. The first-order chi connectivity index (χ1) is 22.4. The number of thiazole rings is 2. The van der Waals surface area contributed by atoms with E-state index in [0.717, 1.165) is 11.1 Å². The summed E-state index contributed by atoms with van der Waals surface area (Å²) in [6, 6.07) is 11.7. The smallest absolute Gasteiger partial charge is 0.326 e. The topological polar surface area (TPSA) is 159 Å². The molecule has 0 bridgehead atoms. The number of amides is 2. The van der Waals surface area contributed by atoms with Crippen molar-refractivity contribution in [3.63, 3.8) is 0 Å². The van der Waals surface area contributed by atoms with Gasteiger partial charge in [-0.3, -0.25) is 9.59 Å². The van der Waals surface area contributed by atoms with Crippen molar-refractivity contribution in [2.45, 2.75) is 65.0 Å². The average Bonchev–Trinajstić information content (AvgIpc) is 3.68. The van der Waals surface area contributed by atoms with Crippen molar-refractivity contribution in [1.29, 1.82) is 0 Å². The lowest BCUT2D eigenvalue weighted by Crippen LogP contribution is -2.45. The van der Waals surface area contributed by atoms with Gasteiger partial charge in [0.05, 0.1) is 24.2 Å². The third kappa shape index (κ3) is 10.5. The van der Waals surface area contributed by atoms with Crippen LogP contribution >= 0.6 is 22.7 Å². The molecule has 0 fully saturated rings. The van der Waals surface area contributed by atoms with Crippen LogP contribution in [0.5, 0.6) is 0 Å². The van der Waals surface area contributed by atoms with Gasteiger partial charge in [-0.25, -0.2) is 23.9 Å². The molecule has 248 valence electrons. The molecule has 0 aliphatic heterocycles. The molecule has 2 aromatic heterocycles. The van der Waals surface area contributed by atoms with Crippen LogP contribution in [-0.2, 0) is 38.4 Å². The molecule has 10 nitrogen and oxygen atoms in total. The Hall–Kier alpha value is -4.49. The Balaban J connectivity index is 1.31. The zero-order valence-corrected chi connectivity index (χ0v) is 27.9. The fourth-order valence-electron chi connectivity index (χ4n) is 5.02. The van der Waals surface area contributed by atoms with E-state index in [2.05, 4.69) is 20.6 Å². The molecule has 0 spiro atoms. The second-order valence-electron chi connectivity index (χ2n) is 11.8. The van der Waals surface area contributed by atoms with Crippen LogP contribution in [0.15, 0.2) is 59.3 Å². The van der Waals surface area contributed by atoms with Crippen LogP contribution in [0.2, 0.25) is 0 Å². The van der Waals surface area contributed by atoms with Gasteiger partial charge in [-0.1, -0.05) is 51.1 Å². The Morgan fingerprint density at radius 1 is 0.809 bits per heavy atom. The van der Waals surface area contributed by atoms with E-state index in [9.17, 15) is 33.8 Å². The number of rotatable bonds is 16. The van der Waals surface area contributed by atoms with Crippen molar-refractivity contribution in [2.24, 2.45) is 11.8 Å². The van der Waals surface area contributed by atoms with Crippen LogP contribution in [0.1, 0.15) is 50.6 Å². The second kappa shape index (κ2) is 16.4. The minimum absolute atomic E-state index is 0.0332. The minimum Gasteiger partial charge on any atom is -0.480 e. The molecule has 0 radical (unpaired) electrons. The highest BCUT2D eigenvalue weighted by Crippen LogP contribution is 2.27. The maximum Gasteiger partial charge on any atom is 0.326 e. The van der Waals surface area contributed by atoms with E-state index in [1.807, 2.05) is 38.1 Å². The predicted molar refractivity (Wildman–Crippen MR) is 179 cm³/mol. The molecular weight excluding hydrogens is 644 g/mol. The minimum atomic E-state index is -1.13. The average molecular weight is 681 g/mol. The van der Waals surface area contributed by atoms with E-state index in [1.165, 1.54) is 34.8 Å². The van der Waals surface area contributed by atoms with Crippen LogP contribution in [0.4, 0.5) is 4.39 Å². The van der Waals surface area contributed by atoms with Gasteiger partial charge >= 0.3 is 11.9 Å². The molecule has 4 rings (SSSR count). The molecule has 3 atom stereocenters. The van der Waals surface area contributed by atoms with Crippen molar-refractivity contribution in [3.05, 3.63) is 82.1 Å². The quantitative estimate of drug-likeness (QED) is 0.119. The van der Waals surface area contributed by atoms with Gasteiger partial charge in [-0.05, 0) is 54.9 Å². The van der Waals surface area contributed by atoms with E-state index >= 15 is 0 Å². The summed E-state index contributed by atoms with van der Waals surface area (Å²) in [7, 11) is 0. The van der Waals surface area contributed by atoms with Crippen molar-refractivity contribution < 1.29 is 33.8 Å². The van der Waals surface area contributed by atoms with Crippen LogP contribution < -0.4 is 10.6 Å². The SMILES string of the molecule is CC(C)C[C@@H](NC(=O)Cc1csc(-c2cccc(CCC(C)[C@@H](NC(=O)Cc3csc(-c4cccc(F)c4)n3)C(=O)O)c2)n1)C(=O)O. The van der Waals surface area contributed by atoms with Crippen molar-refractivity contribution in [3.8, 4) is 21.1 Å². The molecule has 1 unspecified atom stereocenters. The number of hydrogen-bond donors (Lipinski definition) is 4. The number of benzene rings is 2. The fourth-order valence-corrected chi connectivity index (χ4v) is 6.66. The van der Waals surface area contributed by atoms with Crippen molar-refractivity contribution in [2.75, 3.05) is 0 Å². The number of nitrogens with one attached hydrogen (secondary N) is 2. The van der Waals surface area contributed by atoms with Gasteiger partial charge in [-0.2, -0.15) is 0 Å². The summed E-state index contributed by atoms with van der Waals surface area (Å²) in [5, 5.41) is 29.2. The van der Waals surface area contributed by atoms with Crippen LogP contribution in [0.3, 0.4) is 0 Å². The Bertz CT molecular complexity index is 1720. The van der Waals surface area contributed by atoms with Gasteiger partial charge in [0, 0.05) is 21.9 Å². The molecule has 13 heteroatoms. The predicted octanol–water partition coefficient (Wildman–Crippen LogP) is 5.61. The highest BCUT2D eigenvalue weighted by molar-refractivity contribution is 7.13. The number of halogens is 1. The lowest BCUT2D eigenvalue weighted by atomic mass is 9.93. The lowest BCUT2D eigenvalue weighted by Gasteiger charge is -2.21. The third-order valence-corrected chi connectivity index (χ3v) is 9.29. The summed E-state index contributed by atoms with van der Waals surface area (Å²) in [6.07, 6.45) is 1.26. The summed E-state index contributed by atoms with van der Waals surface area (Å²) in [4.78, 5) is 57.8. The lowest BCUT2D eigenvalue weighted by molar-refractivity contribution is -0.143. The standard InChI is InChI=1S/C34H37FN4O6S2/c1-19(2)12-27(33(42)43)38-28(40)15-25-17-46-31(36-25)22-7-4-6-21(13-22)11-10-20(3)30(34(44)45)39-29(41)16-26-18-47-32(37-26)23-8-5-9-24(35)14-23/h4-9,13-14,17-20,27,30H,10-12,15-16H2,1-3H3,(H,38,40)(H,39,41)(H,42,43)(H,44,45)/t20?,27-,30-/m1/s1. The van der Waals surface area contributed by atoms with Crippen LogP contribution in [0, 0.1) is 17.7 Å². The van der Waals surface area contributed by atoms with Gasteiger partial charge in [0.25, 0.3) is 0 Å². The van der Waals surface area contributed by atoms with Gasteiger partial charge < -0.3 is 20.8 Å². The maximum atomic E-state index is 13.6. The molecule has 4 aromatic rings. The third-order valence-electron chi connectivity index (χ3n) is 7.41. The van der Waals surface area contributed by atoms with Gasteiger partial charge in [0.15, 0.2) is 0 Å². The zero-order valence-electron chi connectivity index (χ0n) is 26.2. The summed E-state index contributed by atoms with van der Waals surface area (Å²) in [6.45, 7) is 5.57. The van der Waals surface area contributed by atoms with Gasteiger partial charge in [-0.15, -0.1) is 22.7 Å². The van der Waals surface area contributed by atoms with Crippen molar-refractivity contribution >= 4 is 46.4 Å². The second-order valence-corrected chi connectivity index (χ2v) is 13.6. The molecule has 47 heavy (non-hydrogen) atoms. The zero-order chi connectivity index (χ0) is 34.1. The van der Waals surface area contributed by atoms with Gasteiger partial charge in [0.2, 0.25) is 11.8 Å². The number of aliphatic carboxylic acids is 2. The number of carbonyl (C=O) groups is 4. The number of carbonyl (C=O) groups excluding carboxylic acids is 2. The highest BCUT2D eigenvalue weighted by Gasteiger charge is 2.27. The fraction of sp³-hybridized carbons (Fsp3) is 0.353. The highest BCUT2D eigenvalue weighted by atomic mass is 32.1. The first-order valence-electron chi connectivity index (χ1n) is 15.2. The molecule has 0 saturated carbocycles. The van der Waals surface area contributed by atoms with E-state index in [1.54, 1.807) is 29.8 Å². The molecule has 2 amide bonds. The Morgan fingerprint density at radius 2 is 1.38 bits per heavy atom. The normalized spacial score (nSPS) is 13.1. The first-order valence-corrected chi connectivity index (χ1v) is 16.9. The monoisotopic (exact) mass is 680 g/mol. The number of carboxylic acids is 2. The van der Waals surface area contributed by atoms with E-state index in [-0.39, 0.29) is 30.5 Å². The first kappa shape index (κ1) is 35.4. The molecule has 0 aliphatic carbocycles. The largest absolute Gasteiger partial charge is 0.480 e. The Morgan fingerprint density at radius 3 is 1.94 bits per heavy atom. The number of aryl methyl sites for hydroxylation is 1. The summed E-state index contributed by atoms with van der Waals surface area (Å²) < 4.78 is 13.6. The van der Waals surface area contributed by atoms with E-state index in [4.69, 9.17) is 0 Å². The number of hydrogen-bond acceptors (Lipinski definition) is 8. The molecule has 2 aromatic carbocycles. The Labute approximate surface area is 280 Å². The van der Waals surface area contributed by atoms with Crippen LogP contribution in [-0.4, -0.2) is 56.0 Å². The summed E-state index contributed by atoms with van der Waals surface area (Å²) in [5.41, 5.74) is 3.43. The molecular formula is C34H37FN4O6S2. The summed E-state index contributed by atoms with van der Waals surface area (Å²) >= 11 is 2.66. The Kier molecular flexibility index (Phi) is 12.3. The maximum absolute atomic E-state index is 13.6. The van der Waals surface area contributed by atoms with Crippen LogP contribution in [0.25, 0.3) is 21.1 Å². The molecule has 0 saturated heterocycles.